The number of hydrogen-bond acceptors (Lipinski definition) is 3. The molecule has 1 aliphatic heterocycles. The molecule has 5 heteroatoms. The molecule has 2 rings (SSSR count). The zero-order chi connectivity index (χ0) is 12.5. The van der Waals surface area contributed by atoms with E-state index in [0.29, 0.717) is 30.3 Å². The van der Waals surface area contributed by atoms with Crippen LogP contribution in [0.25, 0.3) is 0 Å². The molecular formula is C12H15BrClNO2. The molecule has 1 aliphatic rings. The van der Waals surface area contributed by atoms with Gasteiger partial charge in [0.1, 0.15) is 0 Å². The van der Waals surface area contributed by atoms with Crippen molar-refractivity contribution in [1.29, 1.82) is 0 Å². The fourth-order valence-electron chi connectivity index (χ4n) is 2.17. The molecule has 2 atom stereocenters. The molecule has 94 valence electrons. The Morgan fingerprint density at radius 1 is 1.59 bits per heavy atom. The second-order valence-electron chi connectivity index (χ2n) is 4.44. The first-order valence-electron chi connectivity index (χ1n) is 5.50. The van der Waals surface area contributed by atoms with Gasteiger partial charge in [-0.15, -0.1) is 0 Å². The molecule has 1 saturated heterocycles. The molecule has 0 spiro atoms. The minimum absolute atomic E-state index is 0.386. The smallest absolute Gasteiger partial charge is 0.0896 e. The number of hydrogen-bond donors (Lipinski definition) is 2. The summed E-state index contributed by atoms with van der Waals surface area (Å²) in [7, 11) is 0. The van der Waals surface area contributed by atoms with Gasteiger partial charge in [0.05, 0.1) is 12.7 Å². The first kappa shape index (κ1) is 13.3. The zero-order valence-corrected chi connectivity index (χ0v) is 11.7. The van der Waals surface area contributed by atoms with Crippen molar-refractivity contribution in [1.82, 2.24) is 0 Å². The van der Waals surface area contributed by atoms with E-state index >= 15 is 0 Å². The lowest BCUT2D eigenvalue weighted by atomic mass is 9.78. The lowest BCUT2D eigenvalue weighted by Gasteiger charge is -2.32. The summed E-state index contributed by atoms with van der Waals surface area (Å²) in [5.41, 5.74) is 6.09. The van der Waals surface area contributed by atoms with Gasteiger partial charge in [0, 0.05) is 33.6 Å². The molecule has 2 unspecified atom stereocenters. The van der Waals surface area contributed by atoms with E-state index in [9.17, 15) is 5.11 Å². The van der Waals surface area contributed by atoms with Crippen molar-refractivity contribution in [2.45, 2.75) is 12.5 Å². The third kappa shape index (κ3) is 2.51. The standard InChI is InChI=1S/C12H15BrClNO2/c13-8-1-2-10(14)9(5-8)11(16)12(6-15)3-4-17-7-12/h1-2,5,11,16H,3-4,6-7,15H2. The van der Waals surface area contributed by atoms with Crippen molar-refractivity contribution in [2.24, 2.45) is 11.1 Å². The van der Waals surface area contributed by atoms with E-state index in [1.807, 2.05) is 12.1 Å². The van der Waals surface area contributed by atoms with Crippen LogP contribution in [-0.2, 0) is 4.74 Å². The van der Waals surface area contributed by atoms with E-state index in [2.05, 4.69) is 15.9 Å². The summed E-state index contributed by atoms with van der Waals surface area (Å²) < 4.78 is 6.26. The molecule has 1 fully saturated rings. The Bertz CT molecular complexity index is 407. The second-order valence-corrected chi connectivity index (χ2v) is 5.76. The molecule has 1 aromatic rings. The van der Waals surface area contributed by atoms with Gasteiger partial charge in [-0.3, -0.25) is 0 Å². The molecule has 0 aromatic heterocycles. The molecule has 0 radical (unpaired) electrons. The first-order valence-corrected chi connectivity index (χ1v) is 6.67. The van der Waals surface area contributed by atoms with E-state index in [4.69, 9.17) is 22.1 Å². The summed E-state index contributed by atoms with van der Waals surface area (Å²) in [6.07, 6.45) is 0.0630. The van der Waals surface area contributed by atoms with Crippen LogP contribution in [0, 0.1) is 5.41 Å². The maximum atomic E-state index is 10.5. The van der Waals surface area contributed by atoms with E-state index in [1.54, 1.807) is 6.07 Å². The molecule has 0 bridgehead atoms. The summed E-state index contributed by atoms with van der Waals surface area (Å²) in [5, 5.41) is 11.1. The molecular weight excluding hydrogens is 305 g/mol. The van der Waals surface area contributed by atoms with Gasteiger partial charge in [-0.25, -0.2) is 0 Å². The predicted molar refractivity (Wildman–Crippen MR) is 71.0 cm³/mol. The van der Waals surface area contributed by atoms with Crippen molar-refractivity contribution < 1.29 is 9.84 Å². The molecule has 17 heavy (non-hydrogen) atoms. The van der Waals surface area contributed by atoms with Crippen LogP contribution in [0.1, 0.15) is 18.1 Å². The number of ether oxygens (including phenoxy) is 1. The molecule has 1 aromatic carbocycles. The van der Waals surface area contributed by atoms with Gasteiger partial charge in [0.2, 0.25) is 0 Å². The van der Waals surface area contributed by atoms with Crippen LogP contribution in [0.2, 0.25) is 5.02 Å². The predicted octanol–water partition coefficient (Wildman–Crippen LogP) is 2.50. The van der Waals surface area contributed by atoms with Crippen molar-refractivity contribution >= 4 is 27.5 Å². The highest BCUT2D eigenvalue weighted by atomic mass is 79.9. The summed E-state index contributed by atoms with van der Waals surface area (Å²) in [6.45, 7) is 1.50. The van der Waals surface area contributed by atoms with Gasteiger partial charge in [0.15, 0.2) is 0 Å². The first-order chi connectivity index (χ1) is 8.09. The number of benzene rings is 1. The fraction of sp³-hybridized carbons (Fsp3) is 0.500. The van der Waals surface area contributed by atoms with Crippen LogP contribution in [-0.4, -0.2) is 24.9 Å². The molecule has 0 aliphatic carbocycles. The summed E-state index contributed by atoms with van der Waals surface area (Å²) in [4.78, 5) is 0. The quantitative estimate of drug-likeness (QED) is 0.900. The van der Waals surface area contributed by atoms with E-state index < -0.39 is 11.5 Å². The minimum Gasteiger partial charge on any atom is -0.388 e. The largest absolute Gasteiger partial charge is 0.388 e. The number of halogens is 2. The summed E-state index contributed by atoms with van der Waals surface area (Å²) >= 11 is 9.51. The molecule has 1 heterocycles. The van der Waals surface area contributed by atoms with Crippen LogP contribution in [0.3, 0.4) is 0 Å². The van der Waals surface area contributed by atoms with Gasteiger partial charge in [-0.05, 0) is 24.6 Å². The highest BCUT2D eigenvalue weighted by Gasteiger charge is 2.42. The zero-order valence-electron chi connectivity index (χ0n) is 9.33. The van der Waals surface area contributed by atoms with Gasteiger partial charge in [-0.1, -0.05) is 27.5 Å². The van der Waals surface area contributed by atoms with Gasteiger partial charge >= 0.3 is 0 Å². The lowest BCUT2D eigenvalue weighted by molar-refractivity contribution is 0.0191. The number of rotatable bonds is 3. The SMILES string of the molecule is NCC1(C(O)c2cc(Br)ccc2Cl)CCOC1. The highest BCUT2D eigenvalue weighted by molar-refractivity contribution is 9.10. The summed E-state index contributed by atoms with van der Waals surface area (Å²) in [6, 6.07) is 5.45. The molecule has 3 nitrogen and oxygen atoms in total. The Balaban J connectivity index is 2.35. The van der Waals surface area contributed by atoms with Crippen LogP contribution < -0.4 is 5.73 Å². The Kier molecular flexibility index (Phi) is 4.10. The Hall–Kier alpha value is -0.130. The van der Waals surface area contributed by atoms with Crippen LogP contribution in [0.5, 0.6) is 0 Å². The maximum absolute atomic E-state index is 10.5. The Labute approximate surface area is 114 Å². The Morgan fingerprint density at radius 2 is 2.35 bits per heavy atom. The highest BCUT2D eigenvalue weighted by Crippen LogP contribution is 2.42. The van der Waals surface area contributed by atoms with E-state index in [0.717, 1.165) is 10.9 Å². The second kappa shape index (κ2) is 5.24. The average Bonchev–Trinajstić information content (AvgIpc) is 2.81. The van der Waals surface area contributed by atoms with Gasteiger partial charge < -0.3 is 15.6 Å². The van der Waals surface area contributed by atoms with E-state index in [-0.39, 0.29) is 0 Å². The van der Waals surface area contributed by atoms with Gasteiger partial charge in [0.25, 0.3) is 0 Å². The van der Waals surface area contributed by atoms with E-state index in [1.165, 1.54) is 0 Å². The molecule has 0 amide bonds. The number of aliphatic hydroxyl groups excluding tert-OH is 1. The number of nitrogens with two attached hydrogens (primary N) is 1. The van der Waals surface area contributed by atoms with Crippen molar-refractivity contribution in [3.63, 3.8) is 0 Å². The summed E-state index contributed by atoms with van der Waals surface area (Å²) in [5.74, 6) is 0. The third-order valence-corrected chi connectivity index (χ3v) is 4.21. The average molecular weight is 321 g/mol. The minimum atomic E-state index is -0.694. The monoisotopic (exact) mass is 319 g/mol. The molecule has 3 N–H and O–H groups in total. The Morgan fingerprint density at radius 3 is 2.94 bits per heavy atom. The van der Waals surface area contributed by atoms with Crippen molar-refractivity contribution in [3.8, 4) is 0 Å². The molecule has 0 saturated carbocycles. The van der Waals surface area contributed by atoms with Gasteiger partial charge in [-0.2, -0.15) is 0 Å². The fourth-order valence-corrected chi connectivity index (χ4v) is 2.77. The van der Waals surface area contributed by atoms with Crippen molar-refractivity contribution in [2.75, 3.05) is 19.8 Å². The van der Waals surface area contributed by atoms with Crippen LogP contribution >= 0.6 is 27.5 Å². The van der Waals surface area contributed by atoms with Crippen LogP contribution in [0.15, 0.2) is 22.7 Å². The maximum Gasteiger partial charge on any atom is 0.0896 e. The normalized spacial score (nSPS) is 26.1. The van der Waals surface area contributed by atoms with Crippen LogP contribution in [0.4, 0.5) is 0 Å². The third-order valence-electron chi connectivity index (χ3n) is 3.37. The topological polar surface area (TPSA) is 55.5 Å². The van der Waals surface area contributed by atoms with Crippen molar-refractivity contribution in [3.05, 3.63) is 33.3 Å². The lowest BCUT2D eigenvalue weighted by Crippen LogP contribution is -2.37. The number of aliphatic hydroxyl groups is 1.